The average Bonchev–Trinajstić information content (AvgIpc) is 2.38. The van der Waals surface area contributed by atoms with Crippen molar-refractivity contribution >= 4 is 11.9 Å². The highest BCUT2D eigenvalue weighted by Gasteiger charge is 2.41. The Kier molecular flexibility index (Phi) is 4.42. The minimum Gasteiger partial charge on any atom is -0.478 e. The van der Waals surface area contributed by atoms with E-state index < -0.39 is 5.97 Å². The molecule has 20 heavy (non-hydrogen) atoms. The van der Waals surface area contributed by atoms with Crippen molar-refractivity contribution in [2.45, 2.75) is 39.0 Å². The summed E-state index contributed by atoms with van der Waals surface area (Å²) in [7, 11) is 0. The second-order valence-corrected chi connectivity index (χ2v) is 5.50. The van der Waals surface area contributed by atoms with E-state index in [2.05, 4.69) is 12.2 Å². The van der Waals surface area contributed by atoms with Crippen LogP contribution in [0, 0.1) is 5.41 Å². The fraction of sp³-hybridized carbons (Fsp3) is 0.500. The maximum Gasteiger partial charge on any atom is 0.335 e. The van der Waals surface area contributed by atoms with Crippen molar-refractivity contribution in [1.29, 1.82) is 0 Å². The molecule has 0 unspecified atom stereocenters. The highest BCUT2D eigenvalue weighted by Crippen LogP contribution is 2.43. The number of hydrogen-bond donors (Lipinski definition) is 2. The zero-order valence-electron chi connectivity index (χ0n) is 11.8. The van der Waals surface area contributed by atoms with Crippen molar-refractivity contribution in [2.75, 3.05) is 6.54 Å². The lowest BCUT2D eigenvalue weighted by Gasteiger charge is -2.39. The fourth-order valence-electron chi connectivity index (χ4n) is 2.67. The first-order chi connectivity index (χ1) is 9.57. The molecular formula is C16H21NO3. The second kappa shape index (κ2) is 6.07. The van der Waals surface area contributed by atoms with Crippen molar-refractivity contribution in [2.24, 2.45) is 5.41 Å². The Balaban J connectivity index is 1.81. The summed E-state index contributed by atoms with van der Waals surface area (Å²) in [5, 5.41) is 11.8. The number of benzene rings is 1. The van der Waals surface area contributed by atoms with Gasteiger partial charge in [0.15, 0.2) is 0 Å². The van der Waals surface area contributed by atoms with Crippen molar-refractivity contribution in [3.63, 3.8) is 0 Å². The van der Waals surface area contributed by atoms with Crippen LogP contribution in [0.3, 0.4) is 0 Å². The first kappa shape index (κ1) is 14.6. The molecule has 1 aliphatic rings. The van der Waals surface area contributed by atoms with E-state index in [1.807, 2.05) is 0 Å². The van der Waals surface area contributed by atoms with Crippen molar-refractivity contribution in [3.05, 3.63) is 35.4 Å². The van der Waals surface area contributed by atoms with Gasteiger partial charge in [-0.15, -0.1) is 0 Å². The Morgan fingerprint density at radius 1 is 1.25 bits per heavy atom. The normalized spacial score (nSPS) is 16.2. The van der Waals surface area contributed by atoms with Gasteiger partial charge in [-0.3, -0.25) is 4.79 Å². The summed E-state index contributed by atoms with van der Waals surface area (Å²) in [5.41, 5.74) is 1.21. The van der Waals surface area contributed by atoms with Crippen LogP contribution in [-0.2, 0) is 11.2 Å². The largest absolute Gasteiger partial charge is 0.478 e. The van der Waals surface area contributed by atoms with Crippen LogP contribution in [0.4, 0.5) is 0 Å². The number of carboxylic acids is 1. The molecule has 0 atom stereocenters. The Labute approximate surface area is 119 Å². The number of carbonyl (C=O) groups is 2. The van der Waals surface area contributed by atoms with Gasteiger partial charge in [-0.25, -0.2) is 4.79 Å². The molecular weight excluding hydrogens is 254 g/mol. The summed E-state index contributed by atoms with van der Waals surface area (Å²) in [4.78, 5) is 22.9. The Morgan fingerprint density at radius 2 is 1.90 bits per heavy atom. The molecule has 108 valence electrons. The van der Waals surface area contributed by atoms with E-state index in [-0.39, 0.29) is 16.9 Å². The molecule has 1 aliphatic carbocycles. The van der Waals surface area contributed by atoms with E-state index >= 15 is 0 Å². The highest BCUT2D eigenvalue weighted by atomic mass is 16.4. The van der Waals surface area contributed by atoms with E-state index in [0.717, 1.165) is 37.7 Å². The van der Waals surface area contributed by atoms with Gasteiger partial charge < -0.3 is 10.4 Å². The number of rotatable bonds is 6. The molecule has 0 saturated heterocycles. The zero-order chi connectivity index (χ0) is 14.6. The third kappa shape index (κ3) is 3.00. The van der Waals surface area contributed by atoms with E-state index in [1.54, 1.807) is 24.3 Å². The van der Waals surface area contributed by atoms with E-state index in [1.165, 1.54) is 0 Å². The molecule has 1 amide bonds. The molecule has 4 heteroatoms. The minimum atomic E-state index is -0.917. The monoisotopic (exact) mass is 275 g/mol. The first-order valence-corrected chi connectivity index (χ1v) is 7.18. The summed E-state index contributed by atoms with van der Waals surface area (Å²) < 4.78 is 0. The predicted octanol–water partition coefficient (Wildman–Crippen LogP) is 2.62. The molecule has 0 spiro atoms. The Bertz CT molecular complexity index is 483. The molecule has 1 aromatic carbocycles. The molecule has 0 heterocycles. The smallest absolute Gasteiger partial charge is 0.335 e. The van der Waals surface area contributed by atoms with Crippen LogP contribution < -0.4 is 5.32 Å². The number of carboxylic acid groups (broad SMARTS) is 1. The van der Waals surface area contributed by atoms with Gasteiger partial charge in [-0.1, -0.05) is 25.5 Å². The van der Waals surface area contributed by atoms with Crippen LogP contribution in [-0.4, -0.2) is 23.5 Å². The zero-order valence-corrected chi connectivity index (χ0v) is 11.8. The lowest BCUT2D eigenvalue weighted by atomic mass is 9.66. The van der Waals surface area contributed by atoms with Crippen LogP contribution in [0.1, 0.15) is 48.5 Å². The molecule has 4 nitrogen and oxygen atoms in total. The maximum atomic E-state index is 12.1. The van der Waals surface area contributed by atoms with Gasteiger partial charge in [0.1, 0.15) is 0 Å². The second-order valence-electron chi connectivity index (χ2n) is 5.50. The fourth-order valence-corrected chi connectivity index (χ4v) is 2.67. The highest BCUT2D eigenvalue weighted by molar-refractivity contribution is 5.87. The summed E-state index contributed by atoms with van der Waals surface area (Å²) in [5.74, 6) is -0.742. The van der Waals surface area contributed by atoms with E-state index in [9.17, 15) is 9.59 Å². The number of nitrogens with one attached hydrogen (secondary N) is 1. The predicted molar refractivity (Wildman–Crippen MR) is 76.7 cm³/mol. The van der Waals surface area contributed by atoms with Crippen molar-refractivity contribution in [1.82, 2.24) is 5.32 Å². The summed E-state index contributed by atoms with van der Waals surface area (Å²) in [6.45, 7) is 2.68. The standard InChI is InChI=1S/C16H21NO3/c1-2-16(9-3-10-16)15(20)17-11-8-12-4-6-13(7-5-12)14(18)19/h4-7H,2-3,8-11H2,1H3,(H,17,20)(H,18,19). The van der Waals surface area contributed by atoms with E-state index in [0.29, 0.717) is 6.54 Å². The van der Waals surface area contributed by atoms with Gasteiger partial charge in [0.2, 0.25) is 5.91 Å². The summed E-state index contributed by atoms with van der Waals surface area (Å²) in [6, 6.07) is 6.79. The molecule has 1 fully saturated rings. The van der Waals surface area contributed by atoms with Crippen molar-refractivity contribution in [3.8, 4) is 0 Å². The third-order valence-electron chi connectivity index (χ3n) is 4.37. The molecule has 2 rings (SSSR count). The Hall–Kier alpha value is -1.84. The molecule has 0 aliphatic heterocycles. The number of amides is 1. The van der Waals surface area contributed by atoms with E-state index in [4.69, 9.17) is 5.11 Å². The molecule has 0 bridgehead atoms. The van der Waals surface area contributed by atoms with Gasteiger partial charge in [0.25, 0.3) is 0 Å². The molecule has 0 radical (unpaired) electrons. The van der Waals surface area contributed by atoms with Crippen LogP contribution in [0.15, 0.2) is 24.3 Å². The minimum absolute atomic E-state index is 0.118. The van der Waals surface area contributed by atoms with Crippen LogP contribution in [0.5, 0.6) is 0 Å². The number of aromatic carboxylic acids is 1. The summed E-state index contributed by atoms with van der Waals surface area (Å²) in [6.07, 6.45) is 4.79. The van der Waals surface area contributed by atoms with Crippen LogP contribution in [0.2, 0.25) is 0 Å². The summed E-state index contributed by atoms with van der Waals surface area (Å²) >= 11 is 0. The van der Waals surface area contributed by atoms with Gasteiger partial charge in [0.05, 0.1) is 5.56 Å². The lowest BCUT2D eigenvalue weighted by molar-refractivity contribution is -0.136. The van der Waals surface area contributed by atoms with Crippen LogP contribution >= 0.6 is 0 Å². The molecule has 0 aromatic heterocycles. The average molecular weight is 275 g/mol. The number of hydrogen-bond acceptors (Lipinski definition) is 2. The SMILES string of the molecule is CCC1(C(=O)NCCc2ccc(C(=O)O)cc2)CCC1. The molecule has 1 aromatic rings. The van der Waals surface area contributed by atoms with Crippen molar-refractivity contribution < 1.29 is 14.7 Å². The Morgan fingerprint density at radius 3 is 2.35 bits per heavy atom. The molecule has 2 N–H and O–H groups in total. The topological polar surface area (TPSA) is 66.4 Å². The van der Waals surface area contributed by atoms with Gasteiger partial charge in [-0.05, 0) is 43.4 Å². The van der Waals surface area contributed by atoms with Crippen LogP contribution in [0.25, 0.3) is 0 Å². The number of carbonyl (C=O) groups excluding carboxylic acids is 1. The van der Waals surface area contributed by atoms with Gasteiger partial charge in [0, 0.05) is 12.0 Å². The third-order valence-corrected chi connectivity index (χ3v) is 4.37. The molecule has 1 saturated carbocycles. The van der Waals surface area contributed by atoms with Gasteiger partial charge in [-0.2, -0.15) is 0 Å². The van der Waals surface area contributed by atoms with Gasteiger partial charge >= 0.3 is 5.97 Å². The maximum absolute atomic E-state index is 12.1. The lowest BCUT2D eigenvalue weighted by Crippen LogP contribution is -2.45. The quantitative estimate of drug-likeness (QED) is 0.838. The first-order valence-electron chi connectivity index (χ1n) is 7.18.